The van der Waals surface area contributed by atoms with Gasteiger partial charge in [0.15, 0.2) is 0 Å². The SMILES string of the molecule is O=c1[nH]c(=Nc2ccc(Oc3ccc(Cl)cn3)cc2)[nH]c(=O)n1[C@H]1C[C@H](C(=O)O)C1. The van der Waals surface area contributed by atoms with Crippen LogP contribution in [0.5, 0.6) is 11.6 Å². The van der Waals surface area contributed by atoms with Crippen LogP contribution >= 0.6 is 11.6 Å². The number of benzene rings is 1. The summed E-state index contributed by atoms with van der Waals surface area (Å²) in [4.78, 5) is 48.7. The average Bonchev–Trinajstić information content (AvgIpc) is 2.66. The molecule has 0 atom stereocenters. The van der Waals surface area contributed by atoms with E-state index < -0.39 is 29.3 Å². The van der Waals surface area contributed by atoms with Crippen LogP contribution in [0, 0.1) is 5.92 Å². The molecule has 3 N–H and O–H groups in total. The zero-order valence-electron chi connectivity index (χ0n) is 15.4. The minimum atomic E-state index is -0.925. The quantitative estimate of drug-likeness (QED) is 0.566. The Balaban J connectivity index is 1.52. The molecule has 0 spiro atoms. The Hall–Kier alpha value is -3.66. The van der Waals surface area contributed by atoms with E-state index in [1.165, 1.54) is 6.20 Å². The fourth-order valence-corrected chi connectivity index (χ4v) is 3.21. The van der Waals surface area contributed by atoms with Gasteiger partial charge in [0, 0.05) is 18.3 Å². The fraction of sp³-hybridized carbons (Fsp3) is 0.211. The molecule has 10 nitrogen and oxygen atoms in total. The molecule has 1 aliphatic carbocycles. The molecule has 0 bridgehead atoms. The standard InChI is InChI=1S/C19H16ClN5O5/c20-11-1-6-15(21-9-11)30-14-4-2-12(3-5-14)22-17-23-18(28)25(19(29)24-17)13-7-10(8-13)16(26)27/h1-6,9-10,13H,7-8H2,(H,26,27)(H2,22,23,24,28,29)/t10-,13-. The predicted octanol–water partition coefficient (Wildman–Crippen LogP) is 1.97. The lowest BCUT2D eigenvalue weighted by Crippen LogP contribution is -2.49. The molecule has 3 aromatic rings. The molecule has 0 unspecified atom stereocenters. The van der Waals surface area contributed by atoms with Gasteiger partial charge < -0.3 is 9.84 Å². The topological polar surface area (TPSA) is 142 Å². The zero-order valence-corrected chi connectivity index (χ0v) is 16.2. The number of aliphatic carboxylic acids is 1. The van der Waals surface area contributed by atoms with Crippen LogP contribution in [0.1, 0.15) is 18.9 Å². The van der Waals surface area contributed by atoms with Crippen LogP contribution in [0.2, 0.25) is 5.02 Å². The third-order valence-electron chi connectivity index (χ3n) is 4.72. The van der Waals surface area contributed by atoms with Crippen LogP contribution in [0.15, 0.2) is 57.2 Å². The molecule has 1 aliphatic rings. The number of hydrogen-bond donors (Lipinski definition) is 3. The maximum Gasteiger partial charge on any atom is 0.332 e. The van der Waals surface area contributed by atoms with Crippen molar-refractivity contribution in [1.29, 1.82) is 0 Å². The Morgan fingerprint density at radius 1 is 1.13 bits per heavy atom. The zero-order chi connectivity index (χ0) is 21.3. The number of hydrogen-bond acceptors (Lipinski definition) is 6. The van der Waals surface area contributed by atoms with Crippen molar-refractivity contribution in [3.8, 4) is 11.6 Å². The number of carboxylic acids is 1. The highest BCUT2D eigenvalue weighted by atomic mass is 35.5. The lowest BCUT2D eigenvalue weighted by molar-refractivity contribution is -0.146. The second-order valence-corrected chi connectivity index (χ2v) is 7.20. The number of H-pyrrole nitrogens is 2. The maximum absolute atomic E-state index is 12.3. The van der Waals surface area contributed by atoms with E-state index in [0.29, 0.717) is 22.3 Å². The molecule has 2 aromatic heterocycles. The van der Waals surface area contributed by atoms with Crippen LogP contribution < -0.4 is 21.7 Å². The van der Waals surface area contributed by atoms with Crippen molar-refractivity contribution in [3.05, 3.63) is 74.2 Å². The van der Waals surface area contributed by atoms with Crippen molar-refractivity contribution >= 4 is 23.3 Å². The molecule has 154 valence electrons. The van der Waals surface area contributed by atoms with Gasteiger partial charge in [-0.2, -0.15) is 0 Å². The largest absolute Gasteiger partial charge is 0.481 e. The Bertz CT molecular complexity index is 1220. The number of aromatic nitrogens is 4. The van der Waals surface area contributed by atoms with Gasteiger partial charge >= 0.3 is 17.3 Å². The normalized spacial score (nSPS) is 17.8. The molecule has 1 aromatic carbocycles. The molecule has 30 heavy (non-hydrogen) atoms. The Labute approximate surface area is 173 Å². The van der Waals surface area contributed by atoms with Crippen molar-refractivity contribution in [1.82, 2.24) is 19.5 Å². The molecule has 0 saturated heterocycles. The van der Waals surface area contributed by atoms with Gasteiger partial charge in [-0.1, -0.05) is 11.6 Å². The summed E-state index contributed by atoms with van der Waals surface area (Å²) < 4.78 is 6.59. The number of nitrogens with one attached hydrogen (secondary N) is 2. The van der Waals surface area contributed by atoms with Crippen LogP contribution in [-0.2, 0) is 4.79 Å². The second kappa shape index (κ2) is 7.99. The van der Waals surface area contributed by atoms with Gasteiger partial charge in [-0.3, -0.25) is 14.8 Å². The first-order valence-electron chi connectivity index (χ1n) is 9.01. The smallest absolute Gasteiger partial charge is 0.332 e. The third-order valence-corrected chi connectivity index (χ3v) is 4.94. The Morgan fingerprint density at radius 2 is 1.80 bits per heavy atom. The van der Waals surface area contributed by atoms with E-state index >= 15 is 0 Å². The molecule has 0 aliphatic heterocycles. The van der Waals surface area contributed by atoms with Crippen molar-refractivity contribution in [2.45, 2.75) is 18.9 Å². The second-order valence-electron chi connectivity index (χ2n) is 6.76. The summed E-state index contributed by atoms with van der Waals surface area (Å²) in [5, 5.41) is 9.45. The first-order valence-corrected chi connectivity index (χ1v) is 9.39. The van der Waals surface area contributed by atoms with Gasteiger partial charge in [-0.25, -0.2) is 24.1 Å². The van der Waals surface area contributed by atoms with E-state index in [1.807, 2.05) is 0 Å². The first kappa shape index (κ1) is 19.6. The number of nitrogens with zero attached hydrogens (tertiary/aromatic N) is 3. The number of rotatable bonds is 5. The lowest BCUT2D eigenvalue weighted by atomic mass is 9.80. The van der Waals surface area contributed by atoms with Gasteiger partial charge in [0.05, 0.1) is 16.6 Å². The van der Waals surface area contributed by atoms with Gasteiger partial charge in [0.1, 0.15) is 5.75 Å². The highest BCUT2D eigenvalue weighted by Gasteiger charge is 2.37. The lowest BCUT2D eigenvalue weighted by Gasteiger charge is -2.32. The fourth-order valence-electron chi connectivity index (χ4n) is 3.10. The Morgan fingerprint density at radius 3 is 2.37 bits per heavy atom. The van der Waals surface area contributed by atoms with Crippen molar-refractivity contribution in [3.63, 3.8) is 0 Å². The molecule has 0 radical (unpaired) electrons. The molecular formula is C19H16ClN5O5. The minimum absolute atomic E-state index is 0.0107. The molecular weight excluding hydrogens is 414 g/mol. The number of aromatic amines is 2. The number of carbonyl (C=O) groups is 1. The molecule has 4 rings (SSSR count). The van der Waals surface area contributed by atoms with E-state index in [1.54, 1.807) is 36.4 Å². The summed E-state index contributed by atoms with van der Waals surface area (Å²) >= 11 is 5.79. The van der Waals surface area contributed by atoms with Crippen LogP contribution in [0.4, 0.5) is 5.69 Å². The van der Waals surface area contributed by atoms with Crippen molar-refractivity contribution in [2.75, 3.05) is 0 Å². The van der Waals surface area contributed by atoms with Crippen LogP contribution in [0.25, 0.3) is 0 Å². The van der Waals surface area contributed by atoms with E-state index in [2.05, 4.69) is 19.9 Å². The van der Waals surface area contributed by atoms with E-state index in [-0.39, 0.29) is 18.5 Å². The maximum atomic E-state index is 12.3. The predicted molar refractivity (Wildman–Crippen MR) is 106 cm³/mol. The van der Waals surface area contributed by atoms with E-state index in [0.717, 1.165) is 4.57 Å². The van der Waals surface area contributed by atoms with Gasteiger partial charge in [-0.05, 0) is 43.2 Å². The molecule has 2 heterocycles. The highest BCUT2D eigenvalue weighted by molar-refractivity contribution is 6.30. The van der Waals surface area contributed by atoms with Gasteiger partial charge in [0.2, 0.25) is 11.5 Å². The summed E-state index contributed by atoms with van der Waals surface area (Å²) in [5.74, 6) is -0.554. The first-order chi connectivity index (χ1) is 14.4. The van der Waals surface area contributed by atoms with Crippen LogP contribution in [-0.4, -0.2) is 30.6 Å². The molecule has 1 saturated carbocycles. The summed E-state index contributed by atoms with van der Waals surface area (Å²) in [7, 11) is 0. The summed E-state index contributed by atoms with van der Waals surface area (Å²) in [5.41, 5.74) is -0.811. The van der Waals surface area contributed by atoms with Gasteiger partial charge in [0.25, 0.3) is 0 Å². The summed E-state index contributed by atoms with van der Waals surface area (Å²) in [6.45, 7) is 0. The third kappa shape index (κ3) is 4.18. The number of halogens is 1. The number of carboxylic acid groups (broad SMARTS) is 1. The monoisotopic (exact) mass is 429 g/mol. The van der Waals surface area contributed by atoms with Crippen molar-refractivity contribution < 1.29 is 14.6 Å². The molecule has 11 heteroatoms. The summed E-state index contributed by atoms with van der Waals surface area (Å²) in [6.07, 6.45) is 1.96. The highest BCUT2D eigenvalue weighted by Crippen LogP contribution is 2.35. The number of ether oxygens (including phenoxy) is 1. The van der Waals surface area contributed by atoms with Gasteiger partial charge in [-0.15, -0.1) is 0 Å². The average molecular weight is 430 g/mol. The summed E-state index contributed by atoms with van der Waals surface area (Å²) in [6, 6.07) is 9.47. The minimum Gasteiger partial charge on any atom is -0.481 e. The van der Waals surface area contributed by atoms with Crippen molar-refractivity contribution in [2.24, 2.45) is 10.9 Å². The van der Waals surface area contributed by atoms with E-state index in [4.69, 9.17) is 21.4 Å². The van der Waals surface area contributed by atoms with Crippen LogP contribution in [0.3, 0.4) is 0 Å². The number of pyridine rings is 1. The Kier molecular flexibility index (Phi) is 5.23. The molecule has 1 fully saturated rings. The van der Waals surface area contributed by atoms with E-state index in [9.17, 15) is 14.4 Å². The molecule has 0 amide bonds.